The molecule has 2 aromatic rings. The summed E-state index contributed by atoms with van der Waals surface area (Å²) >= 11 is 0. The number of furan rings is 1. The number of methoxy groups -OCH3 is 2. The summed E-state index contributed by atoms with van der Waals surface area (Å²) in [5, 5.41) is 13.9. The molecule has 0 aliphatic rings. The van der Waals surface area contributed by atoms with Gasteiger partial charge in [0.1, 0.15) is 5.76 Å². The van der Waals surface area contributed by atoms with Crippen LogP contribution in [0.2, 0.25) is 0 Å². The molecular weight excluding hydrogens is 484 g/mol. The number of ether oxygens (including phenoxy) is 3. The van der Waals surface area contributed by atoms with Crippen molar-refractivity contribution in [2.45, 2.75) is 72.1 Å². The van der Waals surface area contributed by atoms with Gasteiger partial charge in [0.05, 0.1) is 32.6 Å². The molecule has 1 heterocycles. The Morgan fingerprint density at radius 3 is 2.42 bits per heavy atom. The molecule has 4 atom stereocenters. The van der Waals surface area contributed by atoms with E-state index in [4.69, 9.17) is 24.4 Å². The molecule has 1 aromatic heterocycles. The number of nitrogens with two attached hydrogens (primary N) is 1. The molecule has 0 radical (unpaired) electrons. The number of rotatable bonds is 18. The summed E-state index contributed by atoms with van der Waals surface area (Å²) in [5.74, 6) is 2.34. The predicted octanol–water partition coefficient (Wildman–Crippen LogP) is 4.58. The molecule has 0 fully saturated rings. The number of hydrogen-bond donors (Lipinski definition) is 3. The summed E-state index contributed by atoms with van der Waals surface area (Å²) in [6.07, 6.45) is 3.35. The van der Waals surface area contributed by atoms with Gasteiger partial charge < -0.3 is 34.8 Å². The van der Waals surface area contributed by atoms with Crippen molar-refractivity contribution in [1.29, 1.82) is 0 Å². The van der Waals surface area contributed by atoms with Crippen molar-refractivity contribution < 1.29 is 28.5 Å². The van der Waals surface area contributed by atoms with Gasteiger partial charge in [-0.25, -0.2) is 0 Å². The molecule has 0 saturated heterocycles. The van der Waals surface area contributed by atoms with Crippen molar-refractivity contribution in [1.82, 2.24) is 5.32 Å². The number of amides is 1. The van der Waals surface area contributed by atoms with Crippen LogP contribution in [-0.4, -0.2) is 50.6 Å². The smallest absolute Gasteiger partial charge is 0.223 e. The van der Waals surface area contributed by atoms with Gasteiger partial charge in [-0.05, 0) is 66.8 Å². The summed E-state index contributed by atoms with van der Waals surface area (Å²) < 4.78 is 21.8. The second kappa shape index (κ2) is 16.4. The summed E-state index contributed by atoms with van der Waals surface area (Å²) in [5.41, 5.74) is 7.66. The number of carbonyl (C=O) groups is 1. The number of nitrogens with one attached hydrogen (secondary N) is 1. The van der Waals surface area contributed by atoms with Gasteiger partial charge in [0.2, 0.25) is 5.91 Å². The van der Waals surface area contributed by atoms with E-state index >= 15 is 0 Å². The average molecular weight is 533 g/mol. The number of aliphatic hydroxyl groups is 1. The van der Waals surface area contributed by atoms with Gasteiger partial charge in [-0.2, -0.15) is 0 Å². The Labute approximate surface area is 228 Å². The van der Waals surface area contributed by atoms with E-state index in [2.05, 4.69) is 25.2 Å². The normalized spacial score (nSPS) is 14.8. The van der Waals surface area contributed by atoms with Crippen LogP contribution in [0.15, 0.2) is 41.0 Å². The minimum Gasteiger partial charge on any atom is -0.493 e. The van der Waals surface area contributed by atoms with E-state index in [1.165, 1.54) is 0 Å². The molecular formula is C30H48N2O6. The van der Waals surface area contributed by atoms with Crippen LogP contribution >= 0.6 is 0 Å². The van der Waals surface area contributed by atoms with Gasteiger partial charge in [0.15, 0.2) is 11.5 Å². The minimum atomic E-state index is -0.784. The van der Waals surface area contributed by atoms with Gasteiger partial charge in [-0.1, -0.05) is 33.8 Å². The van der Waals surface area contributed by atoms with Crippen molar-refractivity contribution in [2.75, 3.05) is 27.4 Å². The molecule has 0 bridgehead atoms. The van der Waals surface area contributed by atoms with E-state index in [1.807, 2.05) is 32.0 Å². The van der Waals surface area contributed by atoms with Crippen molar-refractivity contribution >= 4 is 5.91 Å². The predicted molar refractivity (Wildman–Crippen MR) is 149 cm³/mol. The Hall–Kier alpha value is -2.55. The number of hydrogen-bond acceptors (Lipinski definition) is 7. The molecule has 1 aromatic carbocycles. The van der Waals surface area contributed by atoms with E-state index in [1.54, 1.807) is 26.5 Å². The number of carbonyl (C=O) groups excluding carboxylic acids is 1. The molecule has 38 heavy (non-hydrogen) atoms. The fourth-order valence-electron chi connectivity index (χ4n) is 4.58. The van der Waals surface area contributed by atoms with Crippen molar-refractivity contribution in [3.63, 3.8) is 0 Å². The van der Waals surface area contributed by atoms with Crippen LogP contribution in [-0.2, 0) is 22.5 Å². The lowest BCUT2D eigenvalue weighted by molar-refractivity contribution is -0.127. The maximum atomic E-state index is 12.9. The van der Waals surface area contributed by atoms with Gasteiger partial charge >= 0.3 is 0 Å². The van der Waals surface area contributed by atoms with E-state index < -0.39 is 12.1 Å². The first-order valence-electron chi connectivity index (χ1n) is 13.7. The highest BCUT2D eigenvalue weighted by Gasteiger charge is 2.30. The molecule has 0 aliphatic carbocycles. The highest BCUT2D eigenvalue weighted by Crippen LogP contribution is 2.31. The summed E-state index contributed by atoms with van der Waals surface area (Å²) in [6, 6.07) is 9.18. The van der Waals surface area contributed by atoms with Gasteiger partial charge in [0, 0.05) is 32.1 Å². The highest BCUT2D eigenvalue weighted by molar-refractivity contribution is 5.78. The first-order valence-corrected chi connectivity index (χ1v) is 13.7. The molecule has 0 spiro atoms. The van der Waals surface area contributed by atoms with Crippen LogP contribution in [0.5, 0.6) is 11.5 Å². The molecule has 2 unspecified atom stereocenters. The van der Waals surface area contributed by atoms with Crippen molar-refractivity contribution in [3.05, 3.63) is 47.9 Å². The lowest BCUT2D eigenvalue weighted by atomic mass is 9.81. The Balaban J connectivity index is 2.00. The summed E-state index contributed by atoms with van der Waals surface area (Å²) in [7, 11) is 3.31. The largest absolute Gasteiger partial charge is 0.493 e. The zero-order chi connectivity index (χ0) is 28.1. The third kappa shape index (κ3) is 10.3. The molecule has 8 heteroatoms. The van der Waals surface area contributed by atoms with Crippen LogP contribution in [0.25, 0.3) is 0 Å². The van der Waals surface area contributed by atoms with Gasteiger partial charge in [-0.3, -0.25) is 4.79 Å². The zero-order valence-corrected chi connectivity index (χ0v) is 23.9. The quantitative estimate of drug-likeness (QED) is 0.241. The van der Waals surface area contributed by atoms with Gasteiger partial charge in [0.25, 0.3) is 0 Å². The van der Waals surface area contributed by atoms with Crippen LogP contribution < -0.4 is 20.5 Å². The Kier molecular flexibility index (Phi) is 13.7. The van der Waals surface area contributed by atoms with E-state index in [0.717, 1.165) is 18.4 Å². The Bertz CT molecular complexity index is 931. The van der Waals surface area contributed by atoms with E-state index in [-0.39, 0.29) is 23.7 Å². The summed E-state index contributed by atoms with van der Waals surface area (Å²) in [4.78, 5) is 12.9. The lowest BCUT2D eigenvalue weighted by Crippen LogP contribution is -2.42. The third-order valence-electron chi connectivity index (χ3n) is 7.14. The first-order chi connectivity index (χ1) is 18.2. The van der Waals surface area contributed by atoms with E-state index in [0.29, 0.717) is 55.8 Å². The van der Waals surface area contributed by atoms with Crippen LogP contribution in [0.1, 0.15) is 58.3 Å². The van der Waals surface area contributed by atoms with Crippen LogP contribution in [0.3, 0.4) is 0 Å². The summed E-state index contributed by atoms with van der Waals surface area (Å²) in [6.45, 7) is 9.84. The Morgan fingerprint density at radius 1 is 1.05 bits per heavy atom. The topological polar surface area (TPSA) is 116 Å². The monoisotopic (exact) mass is 532 g/mol. The van der Waals surface area contributed by atoms with Crippen LogP contribution in [0.4, 0.5) is 0 Å². The molecule has 4 N–H and O–H groups in total. The fourth-order valence-corrected chi connectivity index (χ4v) is 4.58. The number of aliphatic hydroxyl groups excluding tert-OH is 1. The van der Waals surface area contributed by atoms with Gasteiger partial charge in [-0.15, -0.1) is 0 Å². The van der Waals surface area contributed by atoms with Crippen LogP contribution in [0, 0.1) is 23.7 Å². The standard InChI is InChI=1S/C30H48N2O6/c1-20(2)23(15-22-10-11-28(36-6)29(16-22)38-14-8-12-35-5)17-26(31)27(33)18-25(21(3)4)30(34)32-19-24-9-7-13-37-24/h7,9-11,13,16,20-21,23,25-27,33H,8,12,14-15,17-19,31H2,1-6H3,(H,32,34)/t23-,25?,26-,27?/m0/s1. The molecule has 1 amide bonds. The molecule has 0 saturated carbocycles. The maximum absolute atomic E-state index is 12.9. The zero-order valence-electron chi connectivity index (χ0n) is 23.9. The second-order valence-electron chi connectivity index (χ2n) is 10.7. The lowest BCUT2D eigenvalue weighted by Gasteiger charge is -2.30. The van der Waals surface area contributed by atoms with Crippen molar-refractivity contribution in [3.8, 4) is 11.5 Å². The number of benzene rings is 1. The fraction of sp³-hybridized carbons (Fsp3) is 0.633. The SMILES string of the molecule is COCCCOc1cc(C[C@@H](C[C@H](N)C(O)CC(C(=O)NCc2ccco2)C(C)C)C(C)C)ccc1OC. The molecule has 2 rings (SSSR count). The molecule has 0 aliphatic heterocycles. The minimum absolute atomic E-state index is 0.0657. The average Bonchev–Trinajstić information content (AvgIpc) is 3.41. The Morgan fingerprint density at radius 2 is 1.82 bits per heavy atom. The highest BCUT2D eigenvalue weighted by atomic mass is 16.5. The molecule has 8 nitrogen and oxygen atoms in total. The second-order valence-corrected chi connectivity index (χ2v) is 10.7. The third-order valence-corrected chi connectivity index (χ3v) is 7.14. The van der Waals surface area contributed by atoms with E-state index in [9.17, 15) is 9.90 Å². The van der Waals surface area contributed by atoms with Crippen molar-refractivity contribution in [2.24, 2.45) is 29.4 Å². The maximum Gasteiger partial charge on any atom is 0.223 e. The first kappa shape index (κ1) is 31.7. The molecule has 214 valence electrons.